The molecule has 4 aliphatic rings. The topological polar surface area (TPSA) is 264 Å². The first kappa shape index (κ1) is 36.4. The van der Waals surface area contributed by atoms with Gasteiger partial charge in [0.15, 0.2) is 17.6 Å². The first-order valence-corrected chi connectivity index (χ1v) is 16.8. The Kier molecular flexibility index (Phi) is 10.1. The predicted molar refractivity (Wildman–Crippen MR) is 180 cm³/mol. The van der Waals surface area contributed by atoms with E-state index >= 15 is 0 Å². The fraction of sp³-hybridized carbons (Fsp3) is 0.417. The molecule has 1 fully saturated rings. The summed E-state index contributed by atoms with van der Waals surface area (Å²) in [4.78, 5) is 28.0. The number of carboxylic acids is 1. The lowest BCUT2D eigenvalue weighted by Crippen LogP contribution is -2.66. The zero-order chi connectivity index (χ0) is 37.6. The highest BCUT2D eigenvalue weighted by molar-refractivity contribution is 5.90. The zero-order valence-corrected chi connectivity index (χ0v) is 28.4. The number of esters is 1. The van der Waals surface area contributed by atoms with E-state index in [9.17, 15) is 30.0 Å². The Hall–Kier alpha value is -5.01. The summed E-state index contributed by atoms with van der Waals surface area (Å²) in [7, 11) is 1.51. The van der Waals surface area contributed by atoms with Crippen molar-refractivity contribution >= 4 is 17.5 Å². The minimum absolute atomic E-state index is 0.0190. The van der Waals surface area contributed by atoms with Crippen LogP contribution in [-0.4, -0.2) is 114 Å². The molecule has 0 radical (unpaired) electrons. The Morgan fingerprint density at radius 2 is 1.85 bits per heavy atom. The van der Waals surface area contributed by atoms with Crippen molar-refractivity contribution in [2.75, 3.05) is 33.5 Å². The molecule has 17 nitrogen and oxygen atoms in total. The summed E-state index contributed by atoms with van der Waals surface area (Å²) >= 11 is 0. The molecule has 0 saturated carbocycles. The van der Waals surface area contributed by atoms with E-state index in [2.05, 4.69) is 0 Å². The third kappa shape index (κ3) is 6.72. The number of carbonyl (C=O) groups excluding carboxylic acids is 1. The van der Waals surface area contributed by atoms with Gasteiger partial charge in [-0.3, -0.25) is 14.6 Å². The molecule has 3 aromatic carbocycles. The summed E-state index contributed by atoms with van der Waals surface area (Å²) < 4.78 is 41.6. The number of nitrogens with zero attached hydrogens (tertiary/aromatic N) is 1. The molecule has 4 aliphatic heterocycles. The number of nitrogens with two attached hydrogens (primary N) is 2. The maximum Gasteiger partial charge on any atom is 0.317 e. The fourth-order valence-corrected chi connectivity index (χ4v) is 7.14. The summed E-state index contributed by atoms with van der Waals surface area (Å²) in [5.74, 6) is -1.18. The van der Waals surface area contributed by atoms with Gasteiger partial charge in [-0.15, -0.1) is 0 Å². The minimum atomic E-state index is -1.88. The first-order valence-electron chi connectivity index (χ1n) is 16.8. The van der Waals surface area contributed by atoms with E-state index in [1.165, 1.54) is 7.11 Å². The van der Waals surface area contributed by atoms with Crippen LogP contribution in [0.15, 0.2) is 53.5 Å². The Morgan fingerprint density at radius 1 is 1.06 bits per heavy atom. The normalized spacial score (nSPS) is 25.8. The number of aliphatic carboxylic acids is 1. The molecule has 53 heavy (non-hydrogen) atoms. The van der Waals surface area contributed by atoms with Crippen LogP contribution in [0, 0.1) is 0 Å². The van der Waals surface area contributed by atoms with Gasteiger partial charge in [0.05, 0.1) is 44.3 Å². The van der Waals surface area contributed by atoms with Crippen LogP contribution >= 0.6 is 0 Å². The smallest absolute Gasteiger partial charge is 0.317 e. The van der Waals surface area contributed by atoms with Gasteiger partial charge >= 0.3 is 11.9 Å². The molecule has 9 N–H and O–H groups in total. The van der Waals surface area contributed by atoms with Gasteiger partial charge in [0, 0.05) is 22.4 Å². The Morgan fingerprint density at radius 3 is 2.58 bits per heavy atom. The van der Waals surface area contributed by atoms with Crippen molar-refractivity contribution in [1.29, 1.82) is 0 Å². The van der Waals surface area contributed by atoms with Crippen molar-refractivity contribution in [2.24, 2.45) is 16.5 Å². The quantitative estimate of drug-likeness (QED) is 0.0622. The van der Waals surface area contributed by atoms with Crippen LogP contribution in [0.25, 0.3) is 5.57 Å². The Bertz CT molecular complexity index is 2020. The van der Waals surface area contributed by atoms with Crippen LogP contribution in [0.4, 0.5) is 0 Å². The highest BCUT2D eigenvalue weighted by Crippen LogP contribution is 2.57. The molecular formula is C36H39N3O14. The average Bonchev–Trinajstić information content (AvgIpc) is 3.74. The van der Waals surface area contributed by atoms with Gasteiger partial charge < -0.3 is 70.2 Å². The lowest BCUT2D eigenvalue weighted by atomic mass is 9.84. The molecule has 7 rings (SSSR count). The number of para-hydroxylation sites is 1. The molecule has 0 aliphatic carbocycles. The second kappa shape index (κ2) is 14.8. The van der Waals surface area contributed by atoms with Gasteiger partial charge in [0.2, 0.25) is 12.0 Å². The minimum Gasteiger partial charge on any atom is -0.493 e. The molecule has 0 spiro atoms. The maximum absolute atomic E-state index is 12.2. The molecule has 282 valence electrons. The first-order chi connectivity index (χ1) is 25.5. The Labute approximate surface area is 301 Å². The van der Waals surface area contributed by atoms with Crippen LogP contribution in [0.1, 0.15) is 35.1 Å². The van der Waals surface area contributed by atoms with E-state index in [0.717, 1.165) is 21.7 Å². The molecule has 0 aromatic heterocycles. The van der Waals surface area contributed by atoms with Gasteiger partial charge in [-0.25, -0.2) is 0 Å². The van der Waals surface area contributed by atoms with Crippen molar-refractivity contribution in [2.45, 2.75) is 61.4 Å². The second-order valence-electron chi connectivity index (χ2n) is 12.9. The van der Waals surface area contributed by atoms with Crippen LogP contribution in [0.2, 0.25) is 0 Å². The maximum atomic E-state index is 12.2. The van der Waals surface area contributed by atoms with Gasteiger partial charge in [0.25, 0.3) is 0 Å². The summed E-state index contributed by atoms with van der Waals surface area (Å²) in [6.45, 7) is 0.311. The average molecular weight is 738 g/mol. The summed E-state index contributed by atoms with van der Waals surface area (Å²) in [5, 5.41) is 52.8. The number of aliphatic hydroxyl groups is 4. The number of ether oxygens (including phenoxy) is 7. The SMILES string of the molecule is COc1ccc2c(c1OCCO)OC1c3c(cc(OC4OC(C(OC(=O)CC(=O)O)C(N)N)C(O)C(O)C4O)cc3C3=c4ccccc4=NC3)OCC21. The number of carboxylic acid groups (broad SMARTS) is 1. The molecule has 0 amide bonds. The van der Waals surface area contributed by atoms with Crippen LogP contribution in [0.5, 0.6) is 28.7 Å². The van der Waals surface area contributed by atoms with E-state index in [1.807, 2.05) is 30.3 Å². The monoisotopic (exact) mass is 737 g/mol. The zero-order valence-electron chi connectivity index (χ0n) is 28.4. The summed E-state index contributed by atoms with van der Waals surface area (Å²) in [6.07, 6.45) is -13.6. The number of hydrogen-bond acceptors (Lipinski definition) is 16. The van der Waals surface area contributed by atoms with Crippen LogP contribution < -0.4 is 45.7 Å². The number of fused-ring (bicyclic) bond motifs is 6. The summed E-state index contributed by atoms with van der Waals surface area (Å²) in [5.41, 5.74) is 14.7. The van der Waals surface area contributed by atoms with Crippen LogP contribution in [-0.2, 0) is 19.1 Å². The highest BCUT2D eigenvalue weighted by atomic mass is 16.7. The molecule has 8 unspecified atom stereocenters. The van der Waals surface area contributed by atoms with Gasteiger partial charge in [0.1, 0.15) is 55.0 Å². The number of rotatable bonds is 12. The van der Waals surface area contributed by atoms with E-state index in [1.54, 1.807) is 18.2 Å². The number of carbonyl (C=O) groups is 2. The van der Waals surface area contributed by atoms with E-state index in [4.69, 9.17) is 54.7 Å². The largest absolute Gasteiger partial charge is 0.493 e. The predicted octanol–water partition coefficient (Wildman–Crippen LogP) is -1.68. The van der Waals surface area contributed by atoms with Crippen molar-refractivity contribution < 1.29 is 68.3 Å². The lowest BCUT2D eigenvalue weighted by molar-refractivity contribution is -0.291. The molecule has 8 atom stereocenters. The van der Waals surface area contributed by atoms with Crippen LogP contribution in [0.3, 0.4) is 0 Å². The van der Waals surface area contributed by atoms with E-state index < -0.39 is 67.4 Å². The third-order valence-corrected chi connectivity index (χ3v) is 9.58. The van der Waals surface area contributed by atoms with Gasteiger partial charge in [-0.05, 0) is 29.3 Å². The highest BCUT2D eigenvalue weighted by Gasteiger charge is 2.51. The number of hydrogen-bond donors (Lipinski definition) is 7. The van der Waals surface area contributed by atoms with Crippen molar-refractivity contribution in [3.8, 4) is 28.7 Å². The molecule has 4 heterocycles. The molecule has 0 bridgehead atoms. The number of methoxy groups -OCH3 is 1. The standard InChI is InChI=1S/C36H39N3O14/c1-47-22-7-6-17-20-14-49-23-11-15(50-36-29(46)27(44)28(45)33(53-36)34(35(37)38)51-25(43)12-24(41)42)10-18(19-13-39-21-5-3-2-4-16(19)21)26(23)30(20)52-31(17)32(22)48-9-8-40/h2-7,10-11,20,27-30,33-36,40,44-46H,8-9,12-14,37-38H2,1H3,(H,41,42). The van der Waals surface area contributed by atoms with E-state index in [0.29, 0.717) is 40.7 Å². The van der Waals surface area contributed by atoms with Crippen molar-refractivity contribution in [3.63, 3.8) is 0 Å². The number of aliphatic hydroxyl groups excluding tert-OH is 4. The van der Waals surface area contributed by atoms with E-state index in [-0.39, 0.29) is 31.5 Å². The van der Waals surface area contributed by atoms with Crippen molar-refractivity contribution in [3.05, 3.63) is 75.8 Å². The van der Waals surface area contributed by atoms with Gasteiger partial charge in [-0.2, -0.15) is 0 Å². The third-order valence-electron chi connectivity index (χ3n) is 9.58. The summed E-state index contributed by atoms with van der Waals surface area (Å²) in [6, 6.07) is 14.6. The van der Waals surface area contributed by atoms with Gasteiger partial charge in [-0.1, -0.05) is 24.3 Å². The Balaban J connectivity index is 1.27. The molecule has 17 heteroatoms. The number of benzene rings is 3. The fourth-order valence-electron chi connectivity index (χ4n) is 7.14. The second-order valence-corrected chi connectivity index (χ2v) is 12.9. The lowest BCUT2D eigenvalue weighted by Gasteiger charge is -2.43. The van der Waals surface area contributed by atoms with Crippen molar-refractivity contribution in [1.82, 2.24) is 0 Å². The molecule has 1 saturated heterocycles. The molecular weight excluding hydrogens is 698 g/mol. The molecule has 3 aromatic rings.